The van der Waals surface area contributed by atoms with E-state index in [1.54, 1.807) is 31.4 Å². The van der Waals surface area contributed by atoms with E-state index >= 15 is 0 Å². The summed E-state index contributed by atoms with van der Waals surface area (Å²) >= 11 is 12.3. The van der Waals surface area contributed by atoms with Gasteiger partial charge in [-0.15, -0.1) is 0 Å². The lowest BCUT2D eigenvalue weighted by atomic mass is 10.2. The van der Waals surface area contributed by atoms with Crippen LogP contribution in [-0.2, 0) is 0 Å². The van der Waals surface area contributed by atoms with Crippen LogP contribution in [-0.4, -0.2) is 19.7 Å². The van der Waals surface area contributed by atoms with Crippen molar-refractivity contribution in [2.75, 3.05) is 13.7 Å². The normalized spacial score (nSPS) is 10.3. The van der Waals surface area contributed by atoms with Gasteiger partial charge in [-0.2, -0.15) is 0 Å². The summed E-state index contributed by atoms with van der Waals surface area (Å²) in [5.41, 5.74) is 0.253. The maximum absolute atomic E-state index is 12.2. The Kier molecular flexibility index (Phi) is 6.76. The number of hydrogen-bond acceptors (Lipinski definition) is 4. The number of benzene rings is 2. The van der Waals surface area contributed by atoms with Crippen LogP contribution in [0.1, 0.15) is 30.1 Å². The number of rotatable bonds is 7. The maximum Gasteiger partial charge on any atom is 0.343 e. The second-order valence-corrected chi connectivity index (χ2v) is 5.85. The van der Waals surface area contributed by atoms with Crippen LogP contribution >= 0.6 is 23.2 Å². The highest BCUT2D eigenvalue weighted by Crippen LogP contribution is 2.34. The Morgan fingerprint density at radius 1 is 1.04 bits per heavy atom. The molecule has 0 spiro atoms. The van der Waals surface area contributed by atoms with Crippen LogP contribution in [0, 0.1) is 0 Å². The summed E-state index contributed by atoms with van der Waals surface area (Å²) in [4.78, 5) is 12.2. The highest BCUT2D eigenvalue weighted by molar-refractivity contribution is 6.37. The molecule has 24 heavy (non-hydrogen) atoms. The fourth-order valence-electron chi connectivity index (χ4n) is 1.94. The van der Waals surface area contributed by atoms with E-state index in [1.165, 1.54) is 12.1 Å². The highest BCUT2D eigenvalue weighted by Gasteiger charge is 2.16. The molecule has 0 radical (unpaired) electrons. The molecule has 0 saturated carbocycles. The molecule has 0 aromatic heterocycles. The first-order valence-corrected chi connectivity index (χ1v) is 8.28. The number of carbonyl (C=O) groups excluding carboxylic acids is 1. The fourth-order valence-corrected chi connectivity index (χ4v) is 2.54. The molecular weight excluding hydrogens is 351 g/mol. The topological polar surface area (TPSA) is 44.8 Å². The molecule has 0 aliphatic rings. The molecule has 0 heterocycles. The van der Waals surface area contributed by atoms with Crippen molar-refractivity contribution in [3.8, 4) is 17.2 Å². The van der Waals surface area contributed by atoms with Crippen molar-refractivity contribution in [2.45, 2.75) is 19.8 Å². The molecular formula is C18H18Cl2O4. The van der Waals surface area contributed by atoms with E-state index in [-0.39, 0.29) is 15.6 Å². The average molecular weight is 369 g/mol. The molecule has 0 fully saturated rings. The Labute approximate surface area is 151 Å². The van der Waals surface area contributed by atoms with Gasteiger partial charge in [0.2, 0.25) is 0 Å². The second-order valence-electron chi connectivity index (χ2n) is 5.04. The molecule has 0 atom stereocenters. The summed E-state index contributed by atoms with van der Waals surface area (Å²) in [5, 5.41) is 0.556. The zero-order valence-corrected chi connectivity index (χ0v) is 15.0. The molecule has 128 valence electrons. The van der Waals surface area contributed by atoms with Gasteiger partial charge in [0.25, 0.3) is 0 Å². The van der Waals surface area contributed by atoms with Gasteiger partial charge in [0.1, 0.15) is 11.5 Å². The largest absolute Gasteiger partial charge is 0.497 e. The molecule has 0 saturated heterocycles. The molecule has 0 unspecified atom stereocenters. The average Bonchev–Trinajstić information content (AvgIpc) is 2.58. The number of carbonyl (C=O) groups is 1. The Bertz CT molecular complexity index is 676. The summed E-state index contributed by atoms with van der Waals surface area (Å²) in [6, 6.07) is 9.66. The van der Waals surface area contributed by atoms with Crippen molar-refractivity contribution in [3.05, 3.63) is 52.0 Å². The second kappa shape index (κ2) is 8.81. The zero-order chi connectivity index (χ0) is 17.5. The first kappa shape index (κ1) is 18.4. The highest BCUT2D eigenvalue weighted by atomic mass is 35.5. The van der Waals surface area contributed by atoms with Crippen molar-refractivity contribution < 1.29 is 19.0 Å². The van der Waals surface area contributed by atoms with Crippen molar-refractivity contribution in [1.29, 1.82) is 0 Å². The maximum atomic E-state index is 12.2. The quantitative estimate of drug-likeness (QED) is 0.372. The van der Waals surface area contributed by atoms with E-state index in [0.29, 0.717) is 23.9 Å². The fraction of sp³-hybridized carbons (Fsp3) is 0.278. The van der Waals surface area contributed by atoms with Crippen molar-refractivity contribution in [3.63, 3.8) is 0 Å². The molecule has 0 aliphatic carbocycles. The monoisotopic (exact) mass is 368 g/mol. The standard InChI is InChI=1S/C18H18Cl2O4/c1-3-4-9-23-17-15(19)10-12(11-16(17)20)18(21)24-14-7-5-13(22-2)6-8-14/h5-8,10-11H,3-4,9H2,1-2H3. The van der Waals surface area contributed by atoms with E-state index in [0.717, 1.165) is 12.8 Å². The van der Waals surface area contributed by atoms with Gasteiger partial charge in [-0.3, -0.25) is 0 Å². The van der Waals surface area contributed by atoms with Gasteiger partial charge in [-0.25, -0.2) is 4.79 Å². The molecule has 0 amide bonds. The van der Waals surface area contributed by atoms with Gasteiger partial charge in [0.05, 0.1) is 29.3 Å². The Balaban J connectivity index is 2.11. The predicted molar refractivity (Wildman–Crippen MR) is 94.8 cm³/mol. The van der Waals surface area contributed by atoms with Crippen molar-refractivity contribution in [2.24, 2.45) is 0 Å². The van der Waals surface area contributed by atoms with Crippen LogP contribution in [0.5, 0.6) is 17.2 Å². The first-order chi connectivity index (χ1) is 11.5. The minimum atomic E-state index is -0.552. The number of methoxy groups -OCH3 is 1. The van der Waals surface area contributed by atoms with Crippen LogP contribution in [0.2, 0.25) is 10.0 Å². The van der Waals surface area contributed by atoms with Crippen LogP contribution in [0.3, 0.4) is 0 Å². The lowest BCUT2D eigenvalue weighted by molar-refractivity contribution is 0.0734. The molecule has 0 bridgehead atoms. The van der Waals surface area contributed by atoms with Gasteiger partial charge >= 0.3 is 5.97 Å². The van der Waals surface area contributed by atoms with Crippen LogP contribution in [0.4, 0.5) is 0 Å². The smallest absolute Gasteiger partial charge is 0.343 e. The summed E-state index contributed by atoms with van der Waals surface area (Å²) in [6.45, 7) is 2.58. The third-order valence-corrected chi connectivity index (χ3v) is 3.81. The predicted octanol–water partition coefficient (Wildman–Crippen LogP) is 5.40. The van der Waals surface area contributed by atoms with Crippen molar-refractivity contribution >= 4 is 29.2 Å². The van der Waals surface area contributed by atoms with Gasteiger partial charge in [-0.05, 0) is 42.8 Å². The molecule has 4 nitrogen and oxygen atoms in total. The minimum absolute atomic E-state index is 0.253. The van der Waals surface area contributed by atoms with Gasteiger partial charge in [0, 0.05) is 0 Å². The minimum Gasteiger partial charge on any atom is -0.497 e. The molecule has 2 aromatic rings. The summed E-state index contributed by atoms with van der Waals surface area (Å²) in [5.74, 6) is 0.905. The third-order valence-electron chi connectivity index (χ3n) is 3.25. The van der Waals surface area contributed by atoms with E-state index in [1.807, 2.05) is 0 Å². The Morgan fingerprint density at radius 2 is 1.62 bits per heavy atom. The van der Waals surface area contributed by atoms with E-state index in [4.69, 9.17) is 37.4 Å². The van der Waals surface area contributed by atoms with Crippen molar-refractivity contribution in [1.82, 2.24) is 0 Å². The first-order valence-electron chi connectivity index (χ1n) is 7.53. The lowest BCUT2D eigenvalue weighted by Gasteiger charge is -2.11. The number of esters is 1. The lowest BCUT2D eigenvalue weighted by Crippen LogP contribution is -2.09. The van der Waals surface area contributed by atoms with Crippen LogP contribution in [0.15, 0.2) is 36.4 Å². The molecule has 2 aromatic carbocycles. The van der Waals surface area contributed by atoms with Crippen LogP contribution in [0.25, 0.3) is 0 Å². The number of ether oxygens (including phenoxy) is 3. The van der Waals surface area contributed by atoms with Gasteiger partial charge < -0.3 is 14.2 Å². The Hall–Kier alpha value is -1.91. The van der Waals surface area contributed by atoms with Gasteiger partial charge in [-0.1, -0.05) is 36.5 Å². The third kappa shape index (κ3) is 4.79. The molecule has 6 heteroatoms. The molecule has 0 N–H and O–H groups in total. The zero-order valence-electron chi connectivity index (χ0n) is 13.5. The number of halogens is 2. The van der Waals surface area contributed by atoms with E-state index in [2.05, 4.69) is 6.92 Å². The van der Waals surface area contributed by atoms with E-state index in [9.17, 15) is 4.79 Å². The van der Waals surface area contributed by atoms with Gasteiger partial charge in [0.15, 0.2) is 5.75 Å². The SMILES string of the molecule is CCCCOc1c(Cl)cc(C(=O)Oc2ccc(OC)cc2)cc1Cl. The number of hydrogen-bond donors (Lipinski definition) is 0. The Morgan fingerprint density at radius 3 is 2.17 bits per heavy atom. The summed E-state index contributed by atoms with van der Waals surface area (Å²) < 4.78 is 15.9. The summed E-state index contributed by atoms with van der Waals surface area (Å²) in [6.07, 6.45) is 1.90. The summed E-state index contributed by atoms with van der Waals surface area (Å²) in [7, 11) is 1.56. The molecule has 0 aliphatic heterocycles. The van der Waals surface area contributed by atoms with Crippen LogP contribution < -0.4 is 14.2 Å². The number of unbranched alkanes of at least 4 members (excludes halogenated alkanes) is 1. The molecule has 2 rings (SSSR count). The van der Waals surface area contributed by atoms with E-state index < -0.39 is 5.97 Å².